The second-order valence-electron chi connectivity index (χ2n) is 6.37. The summed E-state index contributed by atoms with van der Waals surface area (Å²) in [6.45, 7) is 15.6. The van der Waals surface area contributed by atoms with Gasteiger partial charge in [0.05, 0.1) is 20.5 Å². The maximum Gasteiger partial charge on any atom is 0.283 e. The Hall–Kier alpha value is -1.98. The Morgan fingerprint density at radius 1 is 0.960 bits per heavy atom. The summed E-state index contributed by atoms with van der Waals surface area (Å²) in [4.78, 5) is 11.1. The van der Waals surface area contributed by atoms with Gasteiger partial charge in [-0.05, 0) is 58.8 Å². The summed E-state index contributed by atoms with van der Waals surface area (Å²) >= 11 is 3.36. The molecular weight excluding hydrogens is 380 g/mol. The van der Waals surface area contributed by atoms with Crippen LogP contribution in [0.2, 0.25) is 0 Å². The van der Waals surface area contributed by atoms with Gasteiger partial charge in [-0.3, -0.25) is 15.4 Å². The van der Waals surface area contributed by atoms with Crippen LogP contribution >= 0.6 is 15.9 Å². The molecule has 2 rings (SSSR count). The van der Waals surface area contributed by atoms with Gasteiger partial charge in [-0.25, -0.2) is 0 Å². The molecule has 0 fully saturated rings. The van der Waals surface area contributed by atoms with Gasteiger partial charge >= 0.3 is 0 Å². The number of fused-ring (bicyclic) bond motifs is 1. The van der Waals surface area contributed by atoms with Crippen molar-refractivity contribution in [3.63, 3.8) is 0 Å². The molecule has 0 amide bonds. The van der Waals surface area contributed by atoms with E-state index in [1.807, 2.05) is 30.4 Å². The van der Waals surface area contributed by atoms with Crippen LogP contribution in [0, 0.1) is 10.1 Å². The van der Waals surface area contributed by atoms with Crippen LogP contribution in [-0.2, 0) is 11.1 Å². The maximum atomic E-state index is 11.4. The van der Waals surface area contributed by atoms with E-state index in [0.717, 1.165) is 11.1 Å². The number of nitro groups is 1. The number of rotatable bonds is 9. The fourth-order valence-electron chi connectivity index (χ4n) is 3.88. The molecule has 0 radical (unpaired) electrons. The quantitative estimate of drug-likeness (QED) is 0.329. The smallest absolute Gasteiger partial charge is 0.283 e. The molecule has 0 bridgehead atoms. The van der Waals surface area contributed by atoms with Crippen molar-refractivity contribution in [3.8, 4) is 0 Å². The molecule has 0 saturated heterocycles. The third-order valence-corrected chi connectivity index (χ3v) is 5.40. The van der Waals surface area contributed by atoms with Crippen LogP contribution in [0.5, 0.6) is 0 Å². The Morgan fingerprint density at radius 2 is 1.36 bits per heavy atom. The highest BCUT2D eigenvalue weighted by molar-refractivity contribution is 9.10. The number of benzene rings is 1. The predicted molar refractivity (Wildman–Crippen MR) is 107 cm³/mol. The van der Waals surface area contributed by atoms with Gasteiger partial charge in [0, 0.05) is 6.07 Å². The lowest BCUT2D eigenvalue weighted by Gasteiger charge is -2.35. The molecule has 0 atom stereocenters. The van der Waals surface area contributed by atoms with E-state index in [1.54, 1.807) is 6.07 Å². The maximum absolute atomic E-state index is 11.4. The Labute approximate surface area is 157 Å². The minimum atomic E-state index is -0.476. The van der Waals surface area contributed by atoms with E-state index in [4.69, 9.17) is 0 Å². The zero-order valence-electron chi connectivity index (χ0n) is 14.3. The van der Waals surface area contributed by atoms with E-state index in [0.29, 0.717) is 30.2 Å². The van der Waals surface area contributed by atoms with Crippen molar-refractivity contribution in [3.05, 3.63) is 88.5 Å². The van der Waals surface area contributed by atoms with Crippen LogP contribution in [0.4, 0.5) is 5.69 Å². The SMILES string of the molecule is C=CCC1(CC=C)NC(CC=C)(CC=C)c2cc([N+](=O)[O-])c(Br)cc21. The van der Waals surface area contributed by atoms with Crippen molar-refractivity contribution in [2.75, 3.05) is 0 Å². The van der Waals surface area contributed by atoms with Crippen molar-refractivity contribution in [1.82, 2.24) is 5.32 Å². The van der Waals surface area contributed by atoms with Crippen LogP contribution in [0.15, 0.2) is 67.2 Å². The van der Waals surface area contributed by atoms with Crippen molar-refractivity contribution in [1.29, 1.82) is 0 Å². The molecule has 1 aliphatic heterocycles. The molecule has 1 aromatic carbocycles. The van der Waals surface area contributed by atoms with Crippen LogP contribution in [0.25, 0.3) is 0 Å². The van der Waals surface area contributed by atoms with Gasteiger partial charge < -0.3 is 0 Å². The minimum Gasteiger partial charge on any atom is -0.297 e. The lowest BCUT2D eigenvalue weighted by Crippen LogP contribution is -2.46. The van der Waals surface area contributed by atoms with E-state index in [-0.39, 0.29) is 10.6 Å². The lowest BCUT2D eigenvalue weighted by atomic mass is 9.81. The number of nitrogens with one attached hydrogen (secondary N) is 1. The number of halogens is 1. The average molecular weight is 403 g/mol. The monoisotopic (exact) mass is 402 g/mol. The summed E-state index contributed by atoms with van der Waals surface area (Å²) in [5.74, 6) is 0. The largest absolute Gasteiger partial charge is 0.297 e. The molecule has 0 spiro atoms. The fraction of sp³-hybridized carbons (Fsp3) is 0.300. The topological polar surface area (TPSA) is 55.2 Å². The number of nitro benzene ring substituents is 1. The molecular formula is C20H23BrN2O2. The van der Waals surface area contributed by atoms with Gasteiger partial charge in [-0.15, -0.1) is 26.3 Å². The zero-order valence-corrected chi connectivity index (χ0v) is 15.8. The summed E-state index contributed by atoms with van der Waals surface area (Å²) in [7, 11) is 0. The molecule has 5 heteroatoms. The molecule has 1 aromatic rings. The Kier molecular flexibility index (Phi) is 5.80. The molecule has 132 valence electrons. The first-order chi connectivity index (χ1) is 11.9. The molecule has 1 aliphatic rings. The van der Waals surface area contributed by atoms with E-state index in [1.165, 1.54) is 0 Å². The fourth-order valence-corrected chi connectivity index (χ4v) is 4.37. The number of nitrogens with zero attached hydrogens (tertiary/aromatic N) is 1. The first-order valence-corrected chi connectivity index (χ1v) is 8.91. The van der Waals surface area contributed by atoms with Crippen molar-refractivity contribution in [2.45, 2.75) is 36.8 Å². The van der Waals surface area contributed by atoms with Crippen LogP contribution in [0.3, 0.4) is 0 Å². The van der Waals surface area contributed by atoms with E-state index < -0.39 is 11.1 Å². The molecule has 1 N–H and O–H groups in total. The Bertz CT molecular complexity index is 719. The van der Waals surface area contributed by atoms with Gasteiger partial charge in [0.2, 0.25) is 0 Å². The van der Waals surface area contributed by atoms with Crippen molar-refractivity contribution < 1.29 is 4.92 Å². The number of hydrogen-bond donors (Lipinski definition) is 1. The van der Waals surface area contributed by atoms with Gasteiger partial charge in [-0.2, -0.15) is 0 Å². The predicted octanol–water partition coefficient (Wildman–Crippen LogP) is 5.66. The minimum absolute atomic E-state index is 0.0612. The van der Waals surface area contributed by atoms with E-state index in [2.05, 4.69) is 47.6 Å². The summed E-state index contributed by atoms with van der Waals surface area (Å²) in [6, 6.07) is 3.54. The molecule has 1 heterocycles. The third kappa shape index (κ3) is 3.26. The van der Waals surface area contributed by atoms with Crippen LogP contribution in [0.1, 0.15) is 36.8 Å². The summed E-state index contributed by atoms with van der Waals surface area (Å²) in [6.07, 6.45) is 10.1. The van der Waals surface area contributed by atoms with Crippen LogP contribution in [-0.4, -0.2) is 4.92 Å². The van der Waals surface area contributed by atoms with Crippen molar-refractivity contribution >= 4 is 21.6 Å². The average Bonchev–Trinajstić information content (AvgIpc) is 2.78. The Morgan fingerprint density at radius 3 is 1.72 bits per heavy atom. The van der Waals surface area contributed by atoms with Gasteiger partial charge in [0.1, 0.15) is 0 Å². The van der Waals surface area contributed by atoms with E-state index >= 15 is 0 Å². The Balaban J connectivity index is 2.82. The first-order valence-electron chi connectivity index (χ1n) is 8.11. The summed E-state index contributed by atoms with van der Waals surface area (Å²) < 4.78 is 0.476. The second kappa shape index (κ2) is 7.50. The van der Waals surface area contributed by atoms with Crippen LogP contribution < -0.4 is 5.32 Å². The van der Waals surface area contributed by atoms with Gasteiger partial charge in [0.25, 0.3) is 5.69 Å². The van der Waals surface area contributed by atoms with E-state index in [9.17, 15) is 10.1 Å². The first kappa shape index (κ1) is 19.3. The second-order valence-corrected chi connectivity index (χ2v) is 7.22. The van der Waals surface area contributed by atoms with Gasteiger partial charge in [-0.1, -0.05) is 24.3 Å². The third-order valence-electron chi connectivity index (χ3n) is 4.76. The molecule has 25 heavy (non-hydrogen) atoms. The molecule has 0 saturated carbocycles. The highest BCUT2D eigenvalue weighted by Gasteiger charge is 2.50. The normalized spacial score (nSPS) is 16.7. The van der Waals surface area contributed by atoms with Gasteiger partial charge in [0.15, 0.2) is 0 Å². The molecule has 0 aromatic heterocycles. The summed E-state index contributed by atoms with van der Waals surface area (Å²) in [5.41, 5.74) is 1.14. The molecule has 0 unspecified atom stereocenters. The van der Waals surface area contributed by atoms with Crippen molar-refractivity contribution in [2.24, 2.45) is 0 Å². The zero-order chi connectivity index (χ0) is 18.7. The number of hydrogen-bond acceptors (Lipinski definition) is 3. The highest BCUT2D eigenvalue weighted by Crippen LogP contribution is 2.51. The molecule has 0 aliphatic carbocycles. The highest BCUT2D eigenvalue weighted by atomic mass is 79.9. The lowest BCUT2D eigenvalue weighted by molar-refractivity contribution is -0.385. The standard InChI is InChI=1S/C20H23BrN2O2/c1-5-9-19(10-6-2)15-13-17(21)18(23(24)25)14-16(15)20(22-19,11-7-3)12-8-4/h5-8,13-14,22H,1-4,9-12H2. The summed E-state index contributed by atoms with van der Waals surface area (Å²) in [5, 5.41) is 15.2. The molecule has 4 nitrogen and oxygen atoms in total.